The number of nitrogens with zero attached hydrogens (tertiary/aromatic N) is 3. The molecule has 1 aromatic heterocycles. The third-order valence-corrected chi connectivity index (χ3v) is 3.21. The highest BCUT2D eigenvalue weighted by Crippen LogP contribution is 2.22. The number of halogens is 1. The van der Waals surface area contributed by atoms with Crippen LogP contribution < -0.4 is 4.74 Å². The van der Waals surface area contributed by atoms with Crippen molar-refractivity contribution in [2.24, 2.45) is 5.41 Å². The van der Waals surface area contributed by atoms with Gasteiger partial charge in [0, 0.05) is 5.02 Å². The first-order chi connectivity index (χ1) is 9.47. The van der Waals surface area contributed by atoms with Gasteiger partial charge in [-0.3, -0.25) is 4.79 Å². The summed E-state index contributed by atoms with van der Waals surface area (Å²) in [4.78, 5) is 12.2. The Labute approximate surface area is 122 Å². The second-order valence-corrected chi connectivity index (χ2v) is 5.62. The smallest absolute Gasteiger partial charge is 0.161 e. The zero-order valence-corrected chi connectivity index (χ0v) is 12.2. The van der Waals surface area contributed by atoms with Gasteiger partial charge in [0.25, 0.3) is 0 Å². The van der Waals surface area contributed by atoms with Crippen LogP contribution in [-0.4, -0.2) is 27.2 Å². The van der Waals surface area contributed by atoms with Crippen LogP contribution in [0.25, 0.3) is 0 Å². The Morgan fingerprint density at radius 1 is 1.25 bits per heavy atom. The highest BCUT2D eigenvalue weighted by molar-refractivity contribution is 6.30. The van der Waals surface area contributed by atoms with Crippen LogP contribution in [0.4, 0.5) is 0 Å². The molecule has 106 valence electrons. The quantitative estimate of drug-likeness (QED) is 0.821. The van der Waals surface area contributed by atoms with Crippen LogP contribution in [0.5, 0.6) is 5.75 Å². The van der Waals surface area contributed by atoms with E-state index in [4.69, 9.17) is 16.3 Å². The molecule has 1 heterocycles. The minimum absolute atomic E-state index is 0.0614. The third-order valence-electron chi connectivity index (χ3n) is 2.96. The van der Waals surface area contributed by atoms with E-state index in [9.17, 15) is 4.79 Å². The van der Waals surface area contributed by atoms with E-state index in [1.165, 1.54) is 12.7 Å². The van der Waals surface area contributed by atoms with Gasteiger partial charge in [-0.2, -0.15) is 0 Å². The van der Waals surface area contributed by atoms with Gasteiger partial charge in [-0.25, -0.2) is 0 Å². The zero-order valence-electron chi connectivity index (χ0n) is 11.4. The Morgan fingerprint density at radius 2 is 1.85 bits per heavy atom. The van der Waals surface area contributed by atoms with Crippen molar-refractivity contribution >= 4 is 17.4 Å². The molecule has 0 unspecified atom stereocenters. The molecule has 0 bridgehead atoms. The molecule has 0 aliphatic rings. The summed E-state index contributed by atoms with van der Waals surface area (Å²) >= 11 is 5.81. The van der Waals surface area contributed by atoms with Gasteiger partial charge in [-0.15, -0.1) is 10.2 Å². The van der Waals surface area contributed by atoms with Gasteiger partial charge in [0.1, 0.15) is 25.0 Å². The first-order valence-corrected chi connectivity index (χ1v) is 6.59. The van der Waals surface area contributed by atoms with Crippen LogP contribution in [0.1, 0.15) is 13.8 Å². The maximum absolute atomic E-state index is 12.2. The normalized spacial score (nSPS) is 11.3. The summed E-state index contributed by atoms with van der Waals surface area (Å²) in [5.74, 6) is 0.755. The third kappa shape index (κ3) is 3.81. The topological polar surface area (TPSA) is 57.0 Å². The molecule has 0 saturated heterocycles. The molecule has 0 N–H and O–H groups in total. The highest BCUT2D eigenvalue weighted by atomic mass is 35.5. The number of benzene rings is 1. The average molecular weight is 294 g/mol. The summed E-state index contributed by atoms with van der Waals surface area (Å²) in [5.41, 5.74) is -0.593. The standard InChI is InChI=1S/C14H16ClN3O2/c1-14(2,13(19)7-18-9-16-17-10-18)8-20-12-5-3-11(15)4-6-12/h3-6,9-10H,7-8H2,1-2H3. The Balaban J connectivity index is 1.92. The molecular weight excluding hydrogens is 278 g/mol. The van der Waals surface area contributed by atoms with Gasteiger partial charge in [0.15, 0.2) is 5.78 Å². The highest BCUT2D eigenvalue weighted by Gasteiger charge is 2.28. The van der Waals surface area contributed by atoms with E-state index in [1.807, 2.05) is 13.8 Å². The van der Waals surface area contributed by atoms with Crippen molar-refractivity contribution in [2.75, 3.05) is 6.61 Å². The van der Waals surface area contributed by atoms with Gasteiger partial charge < -0.3 is 9.30 Å². The SMILES string of the molecule is CC(C)(COc1ccc(Cl)cc1)C(=O)Cn1cnnc1. The molecular formula is C14H16ClN3O2. The van der Waals surface area contributed by atoms with Crippen LogP contribution in [0.2, 0.25) is 5.02 Å². The Morgan fingerprint density at radius 3 is 2.45 bits per heavy atom. The predicted octanol–water partition coefficient (Wildman–Crippen LogP) is 2.61. The summed E-state index contributed by atoms with van der Waals surface area (Å²) in [6.07, 6.45) is 3.04. The number of hydrogen-bond acceptors (Lipinski definition) is 4. The summed E-state index contributed by atoms with van der Waals surface area (Å²) in [7, 11) is 0. The van der Waals surface area contributed by atoms with E-state index in [2.05, 4.69) is 10.2 Å². The number of carbonyl (C=O) groups excluding carboxylic acids is 1. The number of Topliss-reactive ketones (excluding diaryl/α,β-unsaturated/α-hetero) is 1. The lowest BCUT2D eigenvalue weighted by atomic mass is 9.89. The van der Waals surface area contributed by atoms with Crippen molar-refractivity contribution in [3.63, 3.8) is 0 Å². The first kappa shape index (κ1) is 14.5. The van der Waals surface area contributed by atoms with E-state index in [-0.39, 0.29) is 12.3 Å². The largest absolute Gasteiger partial charge is 0.493 e. The van der Waals surface area contributed by atoms with E-state index in [1.54, 1.807) is 28.8 Å². The summed E-state index contributed by atoms with van der Waals surface area (Å²) in [6, 6.07) is 7.07. The van der Waals surface area contributed by atoms with E-state index < -0.39 is 5.41 Å². The zero-order chi connectivity index (χ0) is 14.6. The van der Waals surface area contributed by atoms with Gasteiger partial charge in [-0.05, 0) is 38.1 Å². The lowest BCUT2D eigenvalue weighted by Gasteiger charge is -2.23. The Kier molecular flexibility index (Phi) is 4.39. The Hall–Kier alpha value is -1.88. The minimum atomic E-state index is -0.593. The predicted molar refractivity (Wildman–Crippen MR) is 75.8 cm³/mol. The van der Waals surface area contributed by atoms with E-state index >= 15 is 0 Å². The molecule has 6 heteroatoms. The summed E-state index contributed by atoms with van der Waals surface area (Å²) in [6.45, 7) is 4.25. The molecule has 0 atom stereocenters. The number of ether oxygens (including phenoxy) is 1. The fourth-order valence-electron chi connectivity index (χ4n) is 1.56. The van der Waals surface area contributed by atoms with Crippen LogP contribution >= 0.6 is 11.6 Å². The van der Waals surface area contributed by atoms with Gasteiger partial charge in [0.05, 0.1) is 12.0 Å². The van der Waals surface area contributed by atoms with Crippen LogP contribution in [0.15, 0.2) is 36.9 Å². The molecule has 5 nitrogen and oxygen atoms in total. The molecule has 2 aromatic rings. The second-order valence-electron chi connectivity index (χ2n) is 5.18. The fraction of sp³-hybridized carbons (Fsp3) is 0.357. The first-order valence-electron chi connectivity index (χ1n) is 6.21. The Bertz CT molecular complexity index is 565. The fourth-order valence-corrected chi connectivity index (χ4v) is 1.68. The molecule has 0 radical (unpaired) electrons. The number of aromatic nitrogens is 3. The summed E-state index contributed by atoms with van der Waals surface area (Å²) in [5, 5.41) is 8.01. The van der Waals surface area contributed by atoms with Crippen LogP contribution in [0, 0.1) is 5.41 Å². The molecule has 0 aliphatic carbocycles. The number of carbonyl (C=O) groups is 1. The van der Waals surface area contributed by atoms with Crippen molar-refractivity contribution in [2.45, 2.75) is 20.4 Å². The number of rotatable bonds is 6. The van der Waals surface area contributed by atoms with Crippen molar-refractivity contribution in [1.29, 1.82) is 0 Å². The maximum atomic E-state index is 12.2. The van der Waals surface area contributed by atoms with Crippen molar-refractivity contribution < 1.29 is 9.53 Å². The molecule has 0 aliphatic heterocycles. The van der Waals surface area contributed by atoms with Crippen LogP contribution in [0.3, 0.4) is 0 Å². The van der Waals surface area contributed by atoms with Gasteiger partial charge >= 0.3 is 0 Å². The van der Waals surface area contributed by atoms with Crippen molar-refractivity contribution in [1.82, 2.24) is 14.8 Å². The van der Waals surface area contributed by atoms with Gasteiger partial charge in [-0.1, -0.05) is 11.6 Å². The molecule has 0 fully saturated rings. The van der Waals surface area contributed by atoms with Gasteiger partial charge in [0.2, 0.25) is 0 Å². The minimum Gasteiger partial charge on any atom is -0.493 e. The molecule has 2 rings (SSSR count). The number of ketones is 1. The molecule has 20 heavy (non-hydrogen) atoms. The lowest BCUT2D eigenvalue weighted by Crippen LogP contribution is -2.33. The number of hydrogen-bond donors (Lipinski definition) is 0. The van der Waals surface area contributed by atoms with Crippen LogP contribution in [-0.2, 0) is 11.3 Å². The van der Waals surface area contributed by atoms with E-state index in [0.717, 1.165) is 0 Å². The second kappa shape index (κ2) is 6.05. The van der Waals surface area contributed by atoms with Crippen molar-refractivity contribution in [3.8, 4) is 5.75 Å². The molecule has 1 aromatic carbocycles. The summed E-state index contributed by atoms with van der Waals surface area (Å²) < 4.78 is 7.29. The molecule has 0 amide bonds. The van der Waals surface area contributed by atoms with Crippen molar-refractivity contribution in [3.05, 3.63) is 41.9 Å². The average Bonchev–Trinajstić information content (AvgIpc) is 2.91. The maximum Gasteiger partial charge on any atom is 0.161 e. The molecule has 0 saturated carbocycles. The van der Waals surface area contributed by atoms with E-state index in [0.29, 0.717) is 17.4 Å². The molecule has 0 spiro atoms. The lowest BCUT2D eigenvalue weighted by molar-refractivity contribution is -0.129. The monoisotopic (exact) mass is 293 g/mol.